The third-order valence-electron chi connectivity index (χ3n) is 4.78. The van der Waals surface area contributed by atoms with Crippen LogP contribution in [0.1, 0.15) is 28.9 Å². The highest BCUT2D eigenvalue weighted by Gasteiger charge is 2.20. The summed E-state index contributed by atoms with van der Waals surface area (Å²) in [6.45, 7) is 2.72. The maximum absolute atomic E-state index is 12.8. The predicted molar refractivity (Wildman–Crippen MR) is 100.0 cm³/mol. The third kappa shape index (κ3) is 3.22. The Hall–Kier alpha value is -3.02. The molecule has 3 aromatic rings. The van der Waals surface area contributed by atoms with Crippen LogP contribution in [0.2, 0.25) is 0 Å². The lowest BCUT2D eigenvalue weighted by atomic mass is 10.1. The topological polar surface area (TPSA) is 65.4 Å². The maximum atomic E-state index is 12.8. The molecule has 0 bridgehead atoms. The first-order chi connectivity index (χ1) is 12.7. The molecule has 0 saturated carbocycles. The summed E-state index contributed by atoms with van der Waals surface area (Å²) in [5, 5.41) is 7.01. The minimum absolute atomic E-state index is 0.115. The molecular formula is C20H22N4O2. The predicted octanol–water partition coefficient (Wildman–Crippen LogP) is 3.54. The number of anilines is 1. The van der Waals surface area contributed by atoms with Crippen LogP contribution in [0.15, 0.2) is 53.1 Å². The molecule has 1 N–H and O–H groups in total. The van der Waals surface area contributed by atoms with Crippen molar-refractivity contribution in [1.82, 2.24) is 15.1 Å². The van der Waals surface area contributed by atoms with Crippen molar-refractivity contribution in [3.63, 3.8) is 0 Å². The fourth-order valence-electron chi connectivity index (χ4n) is 3.42. The Kier molecular flexibility index (Phi) is 4.48. The number of furan rings is 1. The molecule has 4 rings (SSSR count). The second kappa shape index (κ2) is 7.07. The van der Waals surface area contributed by atoms with Gasteiger partial charge in [0.05, 0.1) is 6.26 Å². The van der Waals surface area contributed by atoms with Crippen LogP contribution in [0, 0.1) is 0 Å². The maximum Gasteiger partial charge on any atom is 0.274 e. The van der Waals surface area contributed by atoms with E-state index in [9.17, 15) is 4.79 Å². The van der Waals surface area contributed by atoms with Gasteiger partial charge in [-0.1, -0.05) is 18.2 Å². The summed E-state index contributed by atoms with van der Waals surface area (Å²) in [7, 11) is 1.81. The highest BCUT2D eigenvalue weighted by atomic mass is 16.3. The summed E-state index contributed by atoms with van der Waals surface area (Å²) < 4.78 is 5.34. The van der Waals surface area contributed by atoms with E-state index < -0.39 is 0 Å². The molecule has 0 radical (unpaired) electrons. The van der Waals surface area contributed by atoms with Crippen molar-refractivity contribution in [3.05, 3.63) is 60.0 Å². The number of hydrogen-bond acceptors (Lipinski definition) is 4. The summed E-state index contributed by atoms with van der Waals surface area (Å²) in [5.41, 5.74) is 3.47. The van der Waals surface area contributed by atoms with Gasteiger partial charge in [0.1, 0.15) is 5.69 Å². The van der Waals surface area contributed by atoms with Gasteiger partial charge >= 0.3 is 0 Å². The lowest BCUT2D eigenvalue weighted by molar-refractivity contribution is 0.0779. The van der Waals surface area contributed by atoms with E-state index in [-0.39, 0.29) is 5.91 Å². The van der Waals surface area contributed by atoms with Crippen LogP contribution in [0.25, 0.3) is 11.5 Å². The Bertz CT molecular complexity index is 879. The first kappa shape index (κ1) is 16.4. The SMILES string of the molecule is CN(Cc1ccccc1N1CCCC1)C(=O)c1cc(-c2ccco2)[nH]n1. The first-order valence-corrected chi connectivity index (χ1v) is 8.90. The third-order valence-corrected chi connectivity index (χ3v) is 4.78. The van der Waals surface area contributed by atoms with Crippen molar-refractivity contribution in [1.29, 1.82) is 0 Å². The quantitative estimate of drug-likeness (QED) is 0.764. The smallest absolute Gasteiger partial charge is 0.274 e. The largest absolute Gasteiger partial charge is 0.463 e. The zero-order valence-corrected chi connectivity index (χ0v) is 14.8. The summed E-state index contributed by atoms with van der Waals surface area (Å²) in [6, 6.07) is 13.7. The van der Waals surface area contributed by atoms with Crippen molar-refractivity contribution >= 4 is 11.6 Å². The molecule has 26 heavy (non-hydrogen) atoms. The molecule has 1 aromatic carbocycles. The van der Waals surface area contributed by atoms with E-state index in [1.807, 2.05) is 19.2 Å². The first-order valence-electron chi connectivity index (χ1n) is 8.90. The van der Waals surface area contributed by atoms with Crippen molar-refractivity contribution < 1.29 is 9.21 Å². The van der Waals surface area contributed by atoms with Gasteiger partial charge in [0, 0.05) is 38.4 Å². The molecule has 1 aliphatic heterocycles. The van der Waals surface area contributed by atoms with Crippen LogP contribution in [-0.2, 0) is 6.54 Å². The second-order valence-electron chi connectivity index (χ2n) is 6.63. The number of hydrogen-bond donors (Lipinski definition) is 1. The molecule has 2 aromatic heterocycles. The second-order valence-corrected chi connectivity index (χ2v) is 6.63. The summed E-state index contributed by atoms with van der Waals surface area (Å²) in [5.74, 6) is 0.550. The van der Waals surface area contributed by atoms with Crippen LogP contribution in [0.4, 0.5) is 5.69 Å². The van der Waals surface area contributed by atoms with E-state index in [2.05, 4.69) is 33.3 Å². The lowest BCUT2D eigenvalue weighted by Gasteiger charge is -2.24. The van der Waals surface area contributed by atoms with Gasteiger partial charge in [0.2, 0.25) is 0 Å². The molecular weight excluding hydrogens is 328 g/mol. The van der Waals surface area contributed by atoms with Gasteiger partial charge in [0.15, 0.2) is 11.5 Å². The Balaban J connectivity index is 1.50. The van der Waals surface area contributed by atoms with Crippen LogP contribution in [0.3, 0.4) is 0 Å². The highest BCUT2D eigenvalue weighted by Crippen LogP contribution is 2.26. The van der Waals surface area contributed by atoms with Crippen LogP contribution in [-0.4, -0.2) is 41.1 Å². The summed E-state index contributed by atoms with van der Waals surface area (Å²) >= 11 is 0. The zero-order valence-electron chi connectivity index (χ0n) is 14.8. The fourth-order valence-corrected chi connectivity index (χ4v) is 3.42. The number of nitrogens with one attached hydrogen (secondary N) is 1. The highest BCUT2D eigenvalue weighted by molar-refractivity contribution is 5.93. The van der Waals surface area contributed by atoms with Gasteiger partial charge in [-0.05, 0) is 36.6 Å². The number of carbonyl (C=O) groups excluding carboxylic acids is 1. The molecule has 0 spiro atoms. The number of H-pyrrole nitrogens is 1. The summed E-state index contributed by atoms with van der Waals surface area (Å²) in [6.07, 6.45) is 4.05. The van der Waals surface area contributed by atoms with E-state index in [1.54, 1.807) is 23.3 Å². The number of para-hydroxylation sites is 1. The number of aromatic amines is 1. The Morgan fingerprint density at radius 2 is 2.04 bits per heavy atom. The number of aromatic nitrogens is 2. The minimum atomic E-state index is -0.115. The van der Waals surface area contributed by atoms with Gasteiger partial charge in [-0.25, -0.2) is 0 Å². The fraction of sp³-hybridized carbons (Fsp3) is 0.300. The monoisotopic (exact) mass is 350 g/mol. The molecule has 0 aliphatic carbocycles. The average molecular weight is 350 g/mol. The molecule has 134 valence electrons. The minimum Gasteiger partial charge on any atom is -0.463 e. The molecule has 1 aliphatic rings. The molecule has 1 saturated heterocycles. The Labute approximate surface area is 152 Å². The van der Waals surface area contributed by atoms with Gasteiger partial charge in [-0.3, -0.25) is 9.89 Å². The van der Waals surface area contributed by atoms with E-state index >= 15 is 0 Å². The van der Waals surface area contributed by atoms with Crippen molar-refractivity contribution in [3.8, 4) is 11.5 Å². The zero-order chi connectivity index (χ0) is 17.9. The van der Waals surface area contributed by atoms with E-state index in [0.717, 1.165) is 18.7 Å². The standard InChI is InChI=1S/C20H22N4O2/c1-23(14-15-7-2-3-8-18(15)24-10-4-5-11-24)20(25)17-13-16(21-22-17)19-9-6-12-26-19/h2-3,6-9,12-13H,4-5,10-11,14H2,1H3,(H,21,22). The van der Waals surface area contributed by atoms with E-state index in [0.29, 0.717) is 23.7 Å². The number of nitrogens with zero attached hydrogens (tertiary/aromatic N) is 3. The van der Waals surface area contributed by atoms with Crippen molar-refractivity contribution in [2.45, 2.75) is 19.4 Å². The molecule has 0 atom stereocenters. The van der Waals surface area contributed by atoms with Gasteiger partial charge in [0.25, 0.3) is 5.91 Å². The van der Waals surface area contributed by atoms with Crippen molar-refractivity contribution in [2.75, 3.05) is 25.0 Å². The summed E-state index contributed by atoms with van der Waals surface area (Å²) in [4.78, 5) is 16.9. The number of benzene rings is 1. The molecule has 0 unspecified atom stereocenters. The molecule has 6 heteroatoms. The van der Waals surface area contributed by atoms with Crippen LogP contribution < -0.4 is 4.90 Å². The number of rotatable bonds is 5. The lowest BCUT2D eigenvalue weighted by Crippen LogP contribution is -2.28. The van der Waals surface area contributed by atoms with E-state index in [1.165, 1.54) is 18.5 Å². The van der Waals surface area contributed by atoms with Crippen LogP contribution >= 0.6 is 0 Å². The normalized spacial score (nSPS) is 14.0. The van der Waals surface area contributed by atoms with Gasteiger partial charge in [-0.2, -0.15) is 5.10 Å². The van der Waals surface area contributed by atoms with E-state index in [4.69, 9.17) is 4.42 Å². The number of carbonyl (C=O) groups is 1. The van der Waals surface area contributed by atoms with Gasteiger partial charge < -0.3 is 14.2 Å². The molecule has 3 heterocycles. The molecule has 6 nitrogen and oxygen atoms in total. The Morgan fingerprint density at radius 1 is 1.23 bits per heavy atom. The van der Waals surface area contributed by atoms with Crippen LogP contribution in [0.5, 0.6) is 0 Å². The Morgan fingerprint density at radius 3 is 2.81 bits per heavy atom. The number of amides is 1. The van der Waals surface area contributed by atoms with Gasteiger partial charge in [-0.15, -0.1) is 0 Å². The average Bonchev–Trinajstić information content (AvgIpc) is 3.43. The molecule has 1 amide bonds. The van der Waals surface area contributed by atoms with Crippen molar-refractivity contribution in [2.24, 2.45) is 0 Å². The molecule has 1 fully saturated rings.